The summed E-state index contributed by atoms with van der Waals surface area (Å²) in [5.74, 6) is -0.399. The van der Waals surface area contributed by atoms with Crippen molar-refractivity contribution < 1.29 is 19.1 Å². The Hall–Kier alpha value is -2.38. The van der Waals surface area contributed by atoms with Gasteiger partial charge >= 0.3 is 5.97 Å². The highest BCUT2D eigenvalue weighted by Crippen LogP contribution is 2.41. The molecule has 0 spiro atoms. The predicted octanol–water partition coefficient (Wildman–Crippen LogP) is 3.82. The molecule has 6 nitrogen and oxygen atoms in total. The third-order valence-corrected chi connectivity index (χ3v) is 7.09. The van der Waals surface area contributed by atoms with E-state index >= 15 is 0 Å². The Morgan fingerprint density at radius 2 is 2.03 bits per heavy atom. The van der Waals surface area contributed by atoms with Crippen LogP contribution in [0.2, 0.25) is 0 Å². The summed E-state index contributed by atoms with van der Waals surface area (Å²) in [4.78, 5) is 26.6. The fraction of sp³-hybridized carbons (Fsp3) is 0.455. The maximum absolute atomic E-state index is 13.1. The molecule has 2 aromatic rings. The number of carbonyl (C=O) groups excluding carboxylic acids is 2. The Labute approximate surface area is 173 Å². The number of rotatable bonds is 5. The molecule has 29 heavy (non-hydrogen) atoms. The molecule has 2 aliphatic heterocycles. The van der Waals surface area contributed by atoms with Crippen molar-refractivity contribution in [2.24, 2.45) is 0 Å². The van der Waals surface area contributed by atoms with Crippen molar-refractivity contribution in [2.75, 3.05) is 18.5 Å². The molecule has 1 saturated heterocycles. The van der Waals surface area contributed by atoms with Gasteiger partial charge in [0.2, 0.25) is 6.23 Å². The van der Waals surface area contributed by atoms with E-state index < -0.39 is 6.23 Å². The zero-order chi connectivity index (χ0) is 19.8. The van der Waals surface area contributed by atoms with E-state index in [-0.39, 0.29) is 18.0 Å². The van der Waals surface area contributed by atoms with Gasteiger partial charge in [-0.05, 0) is 50.2 Å². The molecule has 0 radical (unpaired) electrons. The number of hydrogen-bond acceptors (Lipinski definition) is 6. The van der Waals surface area contributed by atoms with Crippen LogP contribution in [0.25, 0.3) is 0 Å². The lowest BCUT2D eigenvalue weighted by molar-refractivity contribution is 0.0437. The van der Waals surface area contributed by atoms with E-state index in [9.17, 15) is 9.59 Å². The minimum absolute atomic E-state index is 0.0694. The van der Waals surface area contributed by atoms with Crippen LogP contribution >= 0.6 is 11.3 Å². The van der Waals surface area contributed by atoms with Crippen LogP contribution in [0.3, 0.4) is 0 Å². The van der Waals surface area contributed by atoms with E-state index in [4.69, 9.17) is 9.47 Å². The molecule has 5 rings (SSSR count). The van der Waals surface area contributed by atoms with Crippen LogP contribution in [0, 0.1) is 0 Å². The van der Waals surface area contributed by atoms with Gasteiger partial charge in [0.15, 0.2) is 0 Å². The average molecular weight is 413 g/mol. The van der Waals surface area contributed by atoms with Crippen molar-refractivity contribution in [3.05, 3.63) is 51.4 Å². The quantitative estimate of drug-likeness (QED) is 0.730. The normalized spacial score (nSPS) is 22.7. The number of benzene rings is 1. The molecule has 2 unspecified atom stereocenters. The SMILES string of the molecule is O=C1OC(Nc2sc3c(c2C(=O)NCC2CCCO2)CCCC3)c2ccccc21. The first-order valence-electron chi connectivity index (χ1n) is 10.3. The highest BCUT2D eigenvalue weighted by atomic mass is 32.1. The fourth-order valence-corrected chi connectivity index (χ4v) is 5.68. The van der Waals surface area contributed by atoms with E-state index in [1.165, 1.54) is 4.88 Å². The first-order valence-corrected chi connectivity index (χ1v) is 11.1. The Morgan fingerprint density at radius 1 is 1.17 bits per heavy atom. The zero-order valence-corrected chi connectivity index (χ0v) is 17.0. The minimum atomic E-state index is -0.566. The molecule has 0 saturated carbocycles. The van der Waals surface area contributed by atoms with Crippen molar-refractivity contribution in [1.29, 1.82) is 0 Å². The van der Waals surface area contributed by atoms with Crippen molar-refractivity contribution in [2.45, 2.75) is 50.9 Å². The standard InChI is InChI=1S/C22H24N2O4S/c25-19(23-12-13-6-5-11-27-13)18-16-9-3-4-10-17(16)29-21(18)24-20-14-7-1-2-8-15(14)22(26)28-20/h1-2,7-8,13,20,24H,3-6,9-12H2,(H,23,25). The van der Waals surface area contributed by atoms with E-state index in [2.05, 4.69) is 10.6 Å². The largest absolute Gasteiger partial charge is 0.434 e. The van der Waals surface area contributed by atoms with Crippen LogP contribution < -0.4 is 10.6 Å². The Balaban J connectivity index is 1.41. The molecular formula is C22H24N2O4S. The van der Waals surface area contributed by atoms with Gasteiger partial charge in [0.05, 0.1) is 17.2 Å². The van der Waals surface area contributed by atoms with E-state index in [0.717, 1.165) is 61.3 Å². The Bertz CT molecular complexity index is 948. The van der Waals surface area contributed by atoms with Crippen LogP contribution in [0.15, 0.2) is 24.3 Å². The summed E-state index contributed by atoms with van der Waals surface area (Å²) in [5, 5.41) is 7.20. The van der Waals surface area contributed by atoms with Crippen molar-refractivity contribution in [3.8, 4) is 0 Å². The van der Waals surface area contributed by atoms with Crippen molar-refractivity contribution in [3.63, 3.8) is 0 Å². The van der Waals surface area contributed by atoms with Gasteiger partial charge in [-0.2, -0.15) is 0 Å². The van der Waals surface area contributed by atoms with Crippen LogP contribution in [0.1, 0.15) is 68.6 Å². The number of esters is 1. The molecular weight excluding hydrogens is 388 g/mol. The van der Waals surface area contributed by atoms with Gasteiger partial charge < -0.3 is 20.1 Å². The third kappa shape index (κ3) is 3.53. The third-order valence-electron chi connectivity index (χ3n) is 5.86. The highest BCUT2D eigenvalue weighted by Gasteiger charge is 2.33. The number of nitrogens with one attached hydrogen (secondary N) is 2. The maximum Gasteiger partial charge on any atom is 0.340 e. The first kappa shape index (κ1) is 18.6. The number of thiophene rings is 1. The van der Waals surface area contributed by atoms with Gasteiger partial charge in [0.1, 0.15) is 5.00 Å². The van der Waals surface area contributed by atoms with Crippen LogP contribution in [0.5, 0.6) is 0 Å². The second-order valence-electron chi connectivity index (χ2n) is 7.78. The predicted molar refractivity (Wildman–Crippen MR) is 110 cm³/mol. The number of fused-ring (bicyclic) bond motifs is 2. The topological polar surface area (TPSA) is 76.7 Å². The number of anilines is 1. The van der Waals surface area contributed by atoms with Gasteiger partial charge in [-0.25, -0.2) is 4.79 Å². The monoisotopic (exact) mass is 412 g/mol. The molecule has 2 N–H and O–H groups in total. The molecule has 1 aromatic heterocycles. The molecule has 1 aromatic carbocycles. The summed E-state index contributed by atoms with van der Waals surface area (Å²) >= 11 is 1.62. The summed E-state index contributed by atoms with van der Waals surface area (Å²) in [6.45, 7) is 1.30. The number of ether oxygens (including phenoxy) is 2. The summed E-state index contributed by atoms with van der Waals surface area (Å²) in [5.41, 5.74) is 3.25. The van der Waals surface area contributed by atoms with Gasteiger partial charge in [-0.15, -0.1) is 11.3 Å². The van der Waals surface area contributed by atoms with E-state index in [1.54, 1.807) is 17.4 Å². The molecule has 2 atom stereocenters. The molecule has 3 aliphatic rings. The summed E-state index contributed by atoms with van der Waals surface area (Å²) in [6, 6.07) is 7.39. The van der Waals surface area contributed by atoms with Gasteiger partial charge in [-0.3, -0.25) is 4.79 Å². The number of carbonyl (C=O) groups is 2. The summed E-state index contributed by atoms with van der Waals surface area (Å²) < 4.78 is 11.2. The molecule has 3 heterocycles. The highest BCUT2D eigenvalue weighted by molar-refractivity contribution is 7.16. The lowest BCUT2D eigenvalue weighted by Crippen LogP contribution is -2.32. The zero-order valence-electron chi connectivity index (χ0n) is 16.2. The van der Waals surface area contributed by atoms with Crippen molar-refractivity contribution in [1.82, 2.24) is 5.32 Å². The van der Waals surface area contributed by atoms with Gasteiger partial charge in [0.25, 0.3) is 5.91 Å². The number of amides is 1. The number of cyclic esters (lactones) is 1. The Morgan fingerprint density at radius 3 is 2.90 bits per heavy atom. The maximum atomic E-state index is 13.1. The molecule has 0 bridgehead atoms. The van der Waals surface area contributed by atoms with Crippen LogP contribution in [0.4, 0.5) is 5.00 Å². The Kier molecular flexibility index (Phi) is 5.01. The molecule has 7 heteroatoms. The smallest absolute Gasteiger partial charge is 0.340 e. The number of hydrogen-bond donors (Lipinski definition) is 2. The minimum Gasteiger partial charge on any atom is -0.434 e. The second-order valence-corrected chi connectivity index (χ2v) is 8.88. The van der Waals surface area contributed by atoms with E-state index in [1.807, 2.05) is 18.2 Å². The second kappa shape index (κ2) is 7.80. The molecule has 1 amide bonds. The molecule has 152 valence electrons. The lowest BCUT2D eigenvalue weighted by atomic mass is 9.95. The molecule has 1 fully saturated rings. The van der Waals surface area contributed by atoms with Crippen molar-refractivity contribution >= 4 is 28.2 Å². The lowest BCUT2D eigenvalue weighted by Gasteiger charge is -2.17. The summed E-state index contributed by atoms with van der Waals surface area (Å²) in [7, 11) is 0. The van der Waals surface area contributed by atoms with Gasteiger partial charge in [-0.1, -0.05) is 18.2 Å². The fourth-order valence-electron chi connectivity index (χ4n) is 4.38. The van der Waals surface area contributed by atoms with Crippen LogP contribution in [-0.4, -0.2) is 31.1 Å². The van der Waals surface area contributed by atoms with Crippen LogP contribution in [-0.2, 0) is 22.3 Å². The molecule has 1 aliphatic carbocycles. The average Bonchev–Trinajstić information content (AvgIpc) is 3.45. The van der Waals surface area contributed by atoms with E-state index in [0.29, 0.717) is 17.7 Å². The number of aryl methyl sites for hydroxylation is 1. The first-order chi connectivity index (χ1) is 14.2. The summed E-state index contributed by atoms with van der Waals surface area (Å²) in [6.07, 6.45) is 5.72. The van der Waals surface area contributed by atoms with Gasteiger partial charge in [0, 0.05) is 23.6 Å².